The predicted molar refractivity (Wildman–Crippen MR) is 56.3 cm³/mol. The van der Waals surface area contributed by atoms with Crippen molar-refractivity contribution in [3.8, 4) is 17.0 Å². The average Bonchev–Trinajstić information content (AvgIpc) is 2.28. The van der Waals surface area contributed by atoms with Crippen LogP contribution in [0.4, 0.5) is 17.6 Å². The Morgan fingerprint density at radius 2 is 1.83 bits per heavy atom. The first kappa shape index (κ1) is 12.3. The van der Waals surface area contributed by atoms with E-state index in [2.05, 4.69) is 4.98 Å². The normalized spacial score (nSPS) is 11.6. The van der Waals surface area contributed by atoms with E-state index in [1.807, 2.05) is 0 Å². The second-order valence-corrected chi connectivity index (χ2v) is 3.60. The van der Waals surface area contributed by atoms with Gasteiger partial charge in [-0.2, -0.15) is 13.2 Å². The van der Waals surface area contributed by atoms with Gasteiger partial charge in [-0.3, -0.25) is 0 Å². The lowest BCUT2D eigenvalue weighted by Crippen LogP contribution is -2.04. The number of rotatable bonds is 1. The highest BCUT2D eigenvalue weighted by molar-refractivity contribution is 5.61. The van der Waals surface area contributed by atoms with Crippen LogP contribution >= 0.6 is 0 Å². The smallest absolute Gasteiger partial charge is 0.416 e. The van der Waals surface area contributed by atoms with E-state index in [4.69, 9.17) is 5.11 Å². The number of halogens is 4. The van der Waals surface area contributed by atoms with E-state index in [1.165, 1.54) is 12.1 Å². The first-order chi connectivity index (χ1) is 8.38. The van der Waals surface area contributed by atoms with Crippen molar-refractivity contribution in [3.05, 3.63) is 47.9 Å². The van der Waals surface area contributed by atoms with Crippen molar-refractivity contribution in [3.63, 3.8) is 0 Å². The van der Waals surface area contributed by atoms with Crippen molar-refractivity contribution < 1.29 is 22.7 Å². The molecule has 0 radical (unpaired) electrons. The topological polar surface area (TPSA) is 33.1 Å². The molecule has 0 bridgehead atoms. The third kappa shape index (κ3) is 2.42. The Morgan fingerprint density at radius 1 is 1.11 bits per heavy atom. The van der Waals surface area contributed by atoms with Gasteiger partial charge in [0, 0.05) is 11.6 Å². The molecule has 0 aliphatic heterocycles. The molecule has 0 unspecified atom stereocenters. The number of benzene rings is 1. The maximum atomic E-state index is 13.5. The number of alkyl halides is 3. The van der Waals surface area contributed by atoms with Crippen molar-refractivity contribution >= 4 is 0 Å². The van der Waals surface area contributed by atoms with Gasteiger partial charge in [0.2, 0.25) is 0 Å². The molecule has 0 amide bonds. The first-order valence-corrected chi connectivity index (χ1v) is 4.90. The summed E-state index contributed by atoms with van der Waals surface area (Å²) in [6.45, 7) is 0. The summed E-state index contributed by atoms with van der Waals surface area (Å²) < 4.78 is 50.9. The highest BCUT2D eigenvalue weighted by atomic mass is 19.4. The van der Waals surface area contributed by atoms with E-state index < -0.39 is 17.6 Å². The van der Waals surface area contributed by atoms with Crippen molar-refractivity contribution in [1.82, 2.24) is 4.98 Å². The van der Waals surface area contributed by atoms with Crippen LogP contribution < -0.4 is 0 Å². The zero-order chi connectivity index (χ0) is 13.3. The molecule has 0 atom stereocenters. The lowest BCUT2D eigenvalue weighted by molar-refractivity contribution is -0.137. The molecular formula is C12H7F4NO. The fourth-order valence-electron chi connectivity index (χ4n) is 1.48. The van der Waals surface area contributed by atoms with Gasteiger partial charge in [-0.1, -0.05) is 12.1 Å². The molecule has 1 heterocycles. The summed E-state index contributed by atoms with van der Waals surface area (Å²) in [6, 6.07) is 4.98. The number of aromatic nitrogens is 1. The first-order valence-electron chi connectivity index (χ1n) is 4.90. The summed E-state index contributed by atoms with van der Waals surface area (Å²) >= 11 is 0. The van der Waals surface area contributed by atoms with Gasteiger partial charge in [0.25, 0.3) is 0 Å². The minimum atomic E-state index is -4.50. The average molecular weight is 257 g/mol. The summed E-state index contributed by atoms with van der Waals surface area (Å²) in [5, 5.41) is 8.99. The van der Waals surface area contributed by atoms with Crippen LogP contribution in [0.2, 0.25) is 0 Å². The Balaban J connectivity index is 2.51. The maximum Gasteiger partial charge on any atom is 0.416 e. The van der Waals surface area contributed by atoms with E-state index in [0.29, 0.717) is 0 Å². The van der Waals surface area contributed by atoms with Gasteiger partial charge in [-0.25, -0.2) is 9.37 Å². The molecule has 2 aromatic rings. The Bertz CT molecular complexity index is 581. The molecule has 1 aromatic carbocycles. The predicted octanol–water partition coefficient (Wildman–Crippen LogP) is 3.61. The molecular weight excluding hydrogens is 250 g/mol. The molecule has 2 rings (SSSR count). The molecule has 0 saturated heterocycles. The van der Waals surface area contributed by atoms with E-state index in [-0.39, 0.29) is 17.0 Å². The van der Waals surface area contributed by atoms with Crippen LogP contribution in [0.1, 0.15) is 5.56 Å². The van der Waals surface area contributed by atoms with Crippen molar-refractivity contribution in [2.75, 3.05) is 0 Å². The molecule has 0 aliphatic carbocycles. The fourth-order valence-corrected chi connectivity index (χ4v) is 1.48. The third-order valence-corrected chi connectivity index (χ3v) is 2.29. The Hall–Kier alpha value is -2.11. The van der Waals surface area contributed by atoms with Crippen LogP contribution in [-0.4, -0.2) is 10.1 Å². The second kappa shape index (κ2) is 4.29. The largest absolute Gasteiger partial charge is 0.506 e. The van der Waals surface area contributed by atoms with Gasteiger partial charge in [-0.15, -0.1) is 0 Å². The number of hydrogen-bond donors (Lipinski definition) is 1. The van der Waals surface area contributed by atoms with Crippen molar-refractivity contribution in [2.45, 2.75) is 6.18 Å². The summed E-state index contributed by atoms with van der Waals surface area (Å²) in [7, 11) is 0. The van der Waals surface area contributed by atoms with Crippen LogP contribution in [0.5, 0.6) is 5.75 Å². The molecule has 0 spiro atoms. The minimum absolute atomic E-state index is 0.00215. The van der Waals surface area contributed by atoms with Crippen molar-refractivity contribution in [1.29, 1.82) is 0 Å². The molecule has 1 N–H and O–H groups in total. The van der Waals surface area contributed by atoms with E-state index >= 15 is 0 Å². The fraction of sp³-hybridized carbons (Fsp3) is 0.0833. The Kier molecular flexibility index (Phi) is 2.94. The standard InChI is InChI=1S/C12H7F4NO/c13-10-5-9(18)6-17-11(10)7-2-1-3-8(4-7)12(14,15)16/h1-6,18H. The number of aromatic hydroxyl groups is 1. The van der Waals surface area contributed by atoms with Crippen LogP contribution in [0.3, 0.4) is 0 Å². The maximum absolute atomic E-state index is 13.5. The summed E-state index contributed by atoms with van der Waals surface area (Å²) in [5.41, 5.74) is -1.12. The number of hydrogen-bond acceptors (Lipinski definition) is 2. The third-order valence-electron chi connectivity index (χ3n) is 2.29. The molecule has 1 aromatic heterocycles. The number of nitrogens with zero attached hydrogens (tertiary/aromatic N) is 1. The highest BCUT2D eigenvalue weighted by Crippen LogP contribution is 2.32. The monoisotopic (exact) mass is 257 g/mol. The molecule has 0 fully saturated rings. The zero-order valence-electron chi connectivity index (χ0n) is 8.87. The number of pyridine rings is 1. The summed E-state index contributed by atoms with van der Waals surface area (Å²) in [4.78, 5) is 3.58. The van der Waals surface area contributed by atoms with Gasteiger partial charge in [-0.05, 0) is 12.1 Å². The quantitative estimate of drug-likeness (QED) is 0.791. The van der Waals surface area contributed by atoms with Gasteiger partial charge < -0.3 is 5.11 Å². The van der Waals surface area contributed by atoms with Crippen LogP contribution in [-0.2, 0) is 6.18 Å². The molecule has 2 nitrogen and oxygen atoms in total. The summed E-state index contributed by atoms with van der Waals surface area (Å²) in [6.07, 6.45) is -3.53. The molecule has 94 valence electrons. The highest BCUT2D eigenvalue weighted by Gasteiger charge is 2.30. The Morgan fingerprint density at radius 3 is 2.44 bits per heavy atom. The summed E-state index contributed by atoms with van der Waals surface area (Å²) in [5.74, 6) is -1.27. The SMILES string of the molecule is Oc1cnc(-c2cccc(C(F)(F)F)c2)c(F)c1. The van der Waals surface area contributed by atoms with E-state index in [1.54, 1.807) is 0 Å². The van der Waals surface area contributed by atoms with E-state index in [9.17, 15) is 17.6 Å². The minimum Gasteiger partial charge on any atom is -0.506 e. The van der Waals surface area contributed by atoms with Crippen molar-refractivity contribution in [2.24, 2.45) is 0 Å². The molecule has 0 saturated carbocycles. The lowest BCUT2D eigenvalue weighted by atomic mass is 10.1. The molecule has 6 heteroatoms. The van der Waals surface area contributed by atoms with Gasteiger partial charge >= 0.3 is 6.18 Å². The second-order valence-electron chi connectivity index (χ2n) is 3.60. The molecule has 0 aliphatic rings. The van der Waals surface area contributed by atoms with Crippen LogP contribution in [0.25, 0.3) is 11.3 Å². The van der Waals surface area contributed by atoms with Gasteiger partial charge in [0.15, 0.2) is 5.82 Å². The zero-order valence-corrected chi connectivity index (χ0v) is 8.87. The van der Waals surface area contributed by atoms with Crippen LogP contribution in [0, 0.1) is 5.82 Å². The lowest BCUT2D eigenvalue weighted by Gasteiger charge is -2.08. The Labute approximate surface area is 99.5 Å². The van der Waals surface area contributed by atoms with Gasteiger partial charge in [0.1, 0.15) is 11.4 Å². The van der Waals surface area contributed by atoms with Gasteiger partial charge in [0.05, 0.1) is 11.8 Å². The van der Waals surface area contributed by atoms with E-state index in [0.717, 1.165) is 24.4 Å². The van der Waals surface area contributed by atoms with Crippen LogP contribution in [0.15, 0.2) is 36.5 Å². The molecule has 18 heavy (non-hydrogen) atoms.